The van der Waals surface area contributed by atoms with E-state index in [2.05, 4.69) is 5.10 Å². The van der Waals surface area contributed by atoms with E-state index in [0.29, 0.717) is 6.54 Å². The van der Waals surface area contributed by atoms with Crippen LogP contribution in [0.25, 0.3) is 0 Å². The molecule has 90 valence electrons. The van der Waals surface area contributed by atoms with Crippen LogP contribution in [-0.2, 0) is 12.1 Å². The lowest BCUT2D eigenvalue weighted by molar-refractivity contribution is 0.0917. The summed E-state index contributed by atoms with van der Waals surface area (Å²) in [5, 5.41) is 24.0. The minimum atomic E-state index is -1.11. The number of phenolic OH excluding ortho intramolecular Hbond substituents is 1. The predicted octanol–water partition coefficient (Wildman–Crippen LogP) is 1.86. The molecule has 1 aromatic carbocycles. The lowest BCUT2D eigenvalue weighted by Gasteiger charge is -2.24. The Kier molecular flexibility index (Phi) is 2.90. The van der Waals surface area contributed by atoms with Crippen LogP contribution in [0.15, 0.2) is 36.5 Å². The summed E-state index contributed by atoms with van der Waals surface area (Å²) in [7, 11) is 0. The molecule has 2 aromatic rings. The van der Waals surface area contributed by atoms with E-state index in [1.165, 1.54) is 0 Å². The maximum atomic E-state index is 10.6. The molecule has 0 aliphatic heterocycles. The number of aromatic nitrogens is 2. The van der Waals surface area contributed by atoms with E-state index in [1.807, 2.05) is 6.92 Å². The molecule has 1 atom stereocenters. The Morgan fingerprint density at radius 3 is 2.47 bits per heavy atom. The van der Waals surface area contributed by atoms with E-state index in [4.69, 9.17) is 0 Å². The van der Waals surface area contributed by atoms with Crippen molar-refractivity contribution in [2.45, 2.75) is 26.0 Å². The Morgan fingerprint density at radius 1 is 1.24 bits per heavy atom. The Hall–Kier alpha value is -1.81. The van der Waals surface area contributed by atoms with E-state index >= 15 is 0 Å². The molecule has 0 amide bonds. The lowest BCUT2D eigenvalue weighted by atomic mass is 9.92. The van der Waals surface area contributed by atoms with Crippen LogP contribution in [-0.4, -0.2) is 20.0 Å². The summed E-state index contributed by atoms with van der Waals surface area (Å²) < 4.78 is 1.76. The van der Waals surface area contributed by atoms with Gasteiger partial charge in [0.25, 0.3) is 0 Å². The van der Waals surface area contributed by atoms with Gasteiger partial charge in [0.05, 0.1) is 5.69 Å². The van der Waals surface area contributed by atoms with Gasteiger partial charge in [-0.05, 0) is 37.6 Å². The molecule has 1 unspecified atom stereocenters. The zero-order valence-corrected chi connectivity index (χ0v) is 9.96. The van der Waals surface area contributed by atoms with Crippen molar-refractivity contribution < 1.29 is 10.2 Å². The summed E-state index contributed by atoms with van der Waals surface area (Å²) in [4.78, 5) is 0. The van der Waals surface area contributed by atoms with Gasteiger partial charge in [-0.1, -0.05) is 12.1 Å². The van der Waals surface area contributed by atoms with Gasteiger partial charge in [0.15, 0.2) is 0 Å². The van der Waals surface area contributed by atoms with E-state index < -0.39 is 5.60 Å². The number of aromatic hydroxyl groups is 1. The van der Waals surface area contributed by atoms with E-state index in [-0.39, 0.29) is 5.75 Å². The predicted molar refractivity (Wildman–Crippen MR) is 64.7 cm³/mol. The highest BCUT2D eigenvalue weighted by atomic mass is 16.3. The molecule has 0 aliphatic carbocycles. The molecule has 0 aliphatic rings. The fourth-order valence-corrected chi connectivity index (χ4v) is 1.93. The summed E-state index contributed by atoms with van der Waals surface area (Å²) in [6.45, 7) is 4.41. The summed E-state index contributed by atoms with van der Waals surface area (Å²) in [5.41, 5.74) is 0.358. The van der Waals surface area contributed by atoms with E-state index in [0.717, 1.165) is 11.3 Å². The second-order valence-electron chi connectivity index (χ2n) is 4.15. The molecule has 2 rings (SSSR count). The molecule has 2 N–H and O–H groups in total. The third kappa shape index (κ3) is 2.03. The number of aryl methyl sites for hydroxylation is 1. The molecule has 0 radical (unpaired) electrons. The Labute approximate surface area is 100 Å². The van der Waals surface area contributed by atoms with Crippen LogP contribution in [0.2, 0.25) is 0 Å². The van der Waals surface area contributed by atoms with Gasteiger partial charge in [-0.15, -0.1) is 0 Å². The van der Waals surface area contributed by atoms with Crippen molar-refractivity contribution in [2.75, 3.05) is 0 Å². The highest BCUT2D eigenvalue weighted by Gasteiger charge is 2.28. The molecule has 4 heteroatoms. The molecule has 0 fully saturated rings. The van der Waals surface area contributed by atoms with Crippen molar-refractivity contribution in [1.29, 1.82) is 0 Å². The van der Waals surface area contributed by atoms with Gasteiger partial charge < -0.3 is 10.2 Å². The first-order valence-corrected chi connectivity index (χ1v) is 5.60. The quantitative estimate of drug-likeness (QED) is 0.849. The van der Waals surface area contributed by atoms with E-state index in [1.54, 1.807) is 48.1 Å². The first-order chi connectivity index (χ1) is 8.05. The van der Waals surface area contributed by atoms with Gasteiger partial charge in [0, 0.05) is 12.7 Å². The van der Waals surface area contributed by atoms with Gasteiger partial charge in [-0.25, -0.2) is 0 Å². The van der Waals surface area contributed by atoms with Gasteiger partial charge in [0.1, 0.15) is 11.4 Å². The van der Waals surface area contributed by atoms with Crippen molar-refractivity contribution >= 4 is 0 Å². The maximum Gasteiger partial charge on any atom is 0.128 e. The number of nitrogens with zero attached hydrogens (tertiary/aromatic N) is 2. The first kappa shape index (κ1) is 11.7. The minimum absolute atomic E-state index is 0.188. The third-order valence-corrected chi connectivity index (χ3v) is 2.94. The summed E-state index contributed by atoms with van der Waals surface area (Å²) in [5.74, 6) is 0.188. The van der Waals surface area contributed by atoms with Crippen molar-refractivity contribution in [1.82, 2.24) is 9.78 Å². The Morgan fingerprint density at radius 2 is 1.88 bits per heavy atom. The monoisotopic (exact) mass is 232 g/mol. The van der Waals surface area contributed by atoms with Crippen LogP contribution in [0.4, 0.5) is 0 Å². The smallest absolute Gasteiger partial charge is 0.128 e. The molecule has 0 bridgehead atoms. The molecular formula is C13H16N2O2. The Balaban J connectivity index is 2.45. The number of hydrogen-bond acceptors (Lipinski definition) is 3. The number of aliphatic hydroxyl groups is 1. The lowest BCUT2D eigenvalue weighted by Crippen LogP contribution is -2.26. The van der Waals surface area contributed by atoms with Gasteiger partial charge in [-0.2, -0.15) is 5.10 Å². The zero-order chi connectivity index (χ0) is 12.5. The molecule has 4 nitrogen and oxygen atoms in total. The molecule has 0 saturated heterocycles. The van der Waals surface area contributed by atoms with Crippen molar-refractivity contribution in [2.24, 2.45) is 0 Å². The van der Waals surface area contributed by atoms with Crippen LogP contribution in [0.1, 0.15) is 25.1 Å². The van der Waals surface area contributed by atoms with E-state index in [9.17, 15) is 10.2 Å². The number of phenols is 1. The fraction of sp³-hybridized carbons (Fsp3) is 0.308. The van der Waals surface area contributed by atoms with Crippen molar-refractivity contribution in [3.63, 3.8) is 0 Å². The second kappa shape index (κ2) is 4.22. The van der Waals surface area contributed by atoms with Crippen LogP contribution in [0.3, 0.4) is 0 Å². The molecular weight excluding hydrogens is 216 g/mol. The van der Waals surface area contributed by atoms with Crippen molar-refractivity contribution in [3.05, 3.63) is 47.8 Å². The van der Waals surface area contributed by atoms with Crippen LogP contribution >= 0.6 is 0 Å². The highest BCUT2D eigenvalue weighted by molar-refractivity contribution is 5.35. The maximum absolute atomic E-state index is 10.6. The SMILES string of the molecule is CCn1nccc1C(C)(O)c1ccc(O)cc1. The average Bonchev–Trinajstić information content (AvgIpc) is 2.78. The number of benzene rings is 1. The molecule has 1 heterocycles. The molecule has 1 aromatic heterocycles. The summed E-state index contributed by atoms with van der Waals surface area (Å²) in [6, 6.07) is 8.36. The van der Waals surface area contributed by atoms with Gasteiger partial charge >= 0.3 is 0 Å². The molecule has 0 spiro atoms. The number of rotatable bonds is 3. The summed E-state index contributed by atoms with van der Waals surface area (Å²) >= 11 is 0. The minimum Gasteiger partial charge on any atom is -0.508 e. The topological polar surface area (TPSA) is 58.3 Å². The standard InChI is InChI=1S/C13H16N2O2/c1-3-15-12(8-9-14-15)13(2,17)10-4-6-11(16)7-5-10/h4-9,16-17H,3H2,1-2H3. The average molecular weight is 232 g/mol. The van der Waals surface area contributed by atoms with Crippen LogP contribution < -0.4 is 0 Å². The highest BCUT2D eigenvalue weighted by Crippen LogP contribution is 2.29. The normalized spacial score (nSPS) is 14.5. The second-order valence-corrected chi connectivity index (χ2v) is 4.15. The molecule has 0 saturated carbocycles. The molecule has 17 heavy (non-hydrogen) atoms. The first-order valence-electron chi connectivity index (χ1n) is 5.60. The van der Waals surface area contributed by atoms with Gasteiger partial charge in [0.2, 0.25) is 0 Å². The Bertz CT molecular complexity index is 500. The number of hydrogen-bond donors (Lipinski definition) is 2. The summed E-state index contributed by atoms with van der Waals surface area (Å²) in [6.07, 6.45) is 1.67. The third-order valence-electron chi connectivity index (χ3n) is 2.94. The van der Waals surface area contributed by atoms with Crippen molar-refractivity contribution in [3.8, 4) is 5.75 Å². The van der Waals surface area contributed by atoms with Crippen LogP contribution in [0.5, 0.6) is 5.75 Å². The zero-order valence-electron chi connectivity index (χ0n) is 9.96. The van der Waals surface area contributed by atoms with Crippen LogP contribution in [0, 0.1) is 0 Å². The fourth-order valence-electron chi connectivity index (χ4n) is 1.93. The van der Waals surface area contributed by atoms with Gasteiger partial charge in [-0.3, -0.25) is 4.68 Å². The largest absolute Gasteiger partial charge is 0.508 e.